The Morgan fingerprint density at radius 1 is 1.59 bits per heavy atom. The summed E-state index contributed by atoms with van der Waals surface area (Å²) in [6.45, 7) is 1.68. The maximum Gasteiger partial charge on any atom is 0.236 e. The van der Waals surface area contributed by atoms with E-state index in [0.717, 1.165) is 0 Å². The molecule has 17 heavy (non-hydrogen) atoms. The number of rotatable bonds is 4. The van der Waals surface area contributed by atoms with E-state index in [9.17, 15) is 4.79 Å². The quantitative estimate of drug-likeness (QED) is 0.768. The SMILES string of the molecule is CNCC(=O)N1C[C@@H](OC)[C@@H](n2ccnc2)C1. The number of carbonyl (C=O) groups is 1. The summed E-state index contributed by atoms with van der Waals surface area (Å²) in [7, 11) is 3.45. The standard InChI is InChI=1S/C11H18N4O2/c1-12-5-11(16)15-6-9(10(7-15)17-2)14-4-3-13-8-14/h3-4,8-10,12H,5-7H2,1-2H3/t9-,10+/m0/s1. The van der Waals surface area contributed by atoms with Crippen molar-refractivity contribution >= 4 is 5.91 Å². The lowest BCUT2D eigenvalue weighted by Crippen LogP contribution is -2.36. The van der Waals surface area contributed by atoms with Gasteiger partial charge in [0.15, 0.2) is 0 Å². The average molecular weight is 238 g/mol. The third-order valence-electron chi connectivity index (χ3n) is 3.13. The van der Waals surface area contributed by atoms with E-state index in [1.165, 1.54) is 0 Å². The Morgan fingerprint density at radius 3 is 3.00 bits per heavy atom. The van der Waals surface area contributed by atoms with Crippen molar-refractivity contribution in [2.24, 2.45) is 0 Å². The van der Waals surface area contributed by atoms with Gasteiger partial charge >= 0.3 is 0 Å². The number of hydrogen-bond donors (Lipinski definition) is 1. The van der Waals surface area contributed by atoms with E-state index in [1.54, 1.807) is 26.7 Å². The van der Waals surface area contributed by atoms with Gasteiger partial charge < -0.3 is 19.5 Å². The minimum absolute atomic E-state index is 0.0324. The average Bonchev–Trinajstić information content (AvgIpc) is 2.97. The number of likely N-dealkylation sites (tertiary alicyclic amines) is 1. The van der Waals surface area contributed by atoms with Gasteiger partial charge in [-0.1, -0.05) is 0 Å². The van der Waals surface area contributed by atoms with Crippen LogP contribution >= 0.6 is 0 Å². The van der Waals surface area contributed by atoms with Crippen LogP contribution in [0, 0.1) is 0 Å². The molecule has 1 aromatic rings. The van der Waals surface area contributed by atoms with Crippen LogP contribution in [0.1, 0.15) is 6.04 Å². The molecule has 0 bridgehead atoms. The number of nitrogens with one attached hydrogen (secondary N) is 1. The molecule has 1 N–H and O–H groups in total. The summed E-state index contributed by atoms with van der Waals surface area (Å²) in [5.74, 6) is 0.108. The second kappa shape index (κ2) is 5.29. The van der Waals surface area contributed by atoms with Gasteiger partial charge in [0, 0.05) is 32.6 Å². The van der Waals surface area contributed by atoms with Crippen LogP contribution in [0.2, 0.25) is 0 Å². The number of likely N-dealkylation sites (N-methyl/N-ethyl adjacent to an activating group) is 1. The Hall–Kier alpha value is -1.40. The Labute approximate surface area is 101 Å². The fourth-order valence-electron chi connectivity index (χ4n) is 2.21. The van der Waals surface area contributed by atoms with Crippen LogP contribution in [-0.4, -0.2) is 60.3 Å². The molecule has 1 amide bonds. The molecule has 1 aliphatic heterocycles. The molecular weight excluding hydrogens is 220 g/mol. The van der Waals surface area contributed by atoms with E-state index < -0.39 is 0 Å². The molecule has 1 fully saturated rings. The molecule has 94 valence electrons. The maximum absolute atomic E-state index is 11.8. The summed E-state index contributed by atoms with van der Waals surface area (Å²) in [6, 6.07) is 0.156. The number of hydrogen-bond acceptors (Lipinski definition) is 4. The highest BCUT2D eigenvalue weighted by atomic mass is 16.5. The summed E-state index contributed by atoms with van der Waals surface area (Å²) in [4.78, 5) is 17.7. The lowest BCUT2D eigenvalue weighted by Gasteiger charge is -2.17. The lowest BCUT2D eigenvalue weighted by atomic mass is 10.2. The summed E-state index contributed by atoms with van der Waals surface area (Å²) in [5, 5.41) is 2.88. The van der Waals surface area contributed by atoms with Gasteiger partial charge in [0.25, 0.3) is 0 Å². The molecule has 6 heteroatoms. The fraction of sp³-hybridized carbons (Fsp3) is 0.636. The summed E-state index contributed by atoms with van der Waals surface area (Å²) in [6.07, 6.45) is 5.45. The summed E-state index contributed by atoms with van der Waals surface area (Å²) >= 11 is 0. The molecular formula is C11H18N4O2. The maximum atomic E-state index is 11.8. The van der Waals surface area contributed by atoms with Crippen molar-refractivity contribution < 1.29 is 9.53 Å². The molecule has 6 nitrogen and oxygen atoms in total. The van der Waals surface area contributed by atoms with E-state index in [1.807, 2.05) is 15.7 Å². The third kappa shape index (κ3) is 2.48. The Kier molecular flexibility index (Phi) is 3.75. The van der Waals surface area contributed by atoms with Crippen LogP contribution < -0.4 is 5.32 Å². The zero-order chi connectivity index (χ0) is 12.3. The van der Waals surface area contributed by atoms with Crippen molar-refractivity contribution in [3.8, 4) is 0 Å². The monoisotopic (exact) mass is 238 g/mol. The molecule has 0 saturated carbocycles. The van der Waals surface area contributed by atoms with Crippen molar-refractivity contribution in [2.45, 2.75) is 12.1 Å². The number of carbonyl (C=O) groups excluding carboxylic acids is 1. The second-order valence-electron chi connectivity index (χ2n) is 4.18. The van der Waals surface area contributed by atoms with Crippen molar-refractivity contribution in [3.05, 3.63) is 18.7 Å². The minimum Gasteiger partial charge on any atom is -0.377 e. The van der Waals surface area contributed by atoms with E-state index in [2.05, 4.69) is 10.3 Å². The molecule has 2 rings (SSSR count). The Morgan fingerprint density at radius 2 is 2.41 bits per heavy atom. The molecule has 0 unspecified atom stereocenters. The highest BCUT2D eigenvalue weighted by molar-refractivity contribution is 5.78. The number of nitrogens with zero attached hydrogens (tertiary/aromatic N) is 3. The van der Waals surface area contributed by atoms with Crippen molar-refractivity contribution in [3.63, 3.8) is 0 Å². The molecule has 1 aliphatic rings. The lowest BCUT2D eigenvalue weighted by molar-refractivity contribution is -0.129. The molecule has 2 atom stereocenters. The number of aromatic nitrogens is 2. The van der Waals surface area contributed by atoms with E-state index in [0.29, 0.717) is 19.6 Å². The Bertz CT molecular complexity index is 366. The zero-order valence-corrected chi connectivity index (χ0v) is 10.2. The molecule has 0 aromatic carbocycles. The number of imidazole rings is 1. The van der Waals surface area contributed by atoms with Crippen LogP contribution in [0.15, 0.2) is 18.7 Å². The molecule has 1 saturated heterocycles. The van der Waals surface area contributed by atoms with Crippen LogP contribution in [0.25, 0.3) is 0 Å². The fourth-order valence-corrected chi connectivity index (χ4v) is 2.21. The normalized spacial score (nSPS) is 24.2. The largest absolute Gasteiger partial charge is 0.377 e. The smallest absolute Gasteiger partial charge is 0.236 e. The molecule has 0 aliphatic carbocycles. The molecule has 0 spiro atoms. The number of amides is 1. The first-order valence-corrected chi connectivity index (χ1v) is 5.69. The zero-order valence-electron chi connectivity index (χ0n) is 10.2. The van der Waals surface area contributed by atoms with Crippen molar-refractivity contribution in [1.29, 1.82) is 0 Å². The van der Waals surface area contributed by atoms with Crippen LogP contribution in [0.3, 0.4) is 0 Å². The molecule has 1 aromatic heterocycles. The topological polar surface area (TPSA) is 59.4 Å². The predicted molar refractivity (Wildman–Crippen MR) is 62.6 cm³/mol. The van der Waals surface area contributed by atoms with E-state index in [-0.39, 0.29) is 18.1 Å². The van der Waals surface area contributed by atoms with Crippen LogP contribution in [-0.2, 0) is 9.53 Å². The van der Waals surface area contributed by atoms with Gasteiger partial charge in [0.05, 0.1) is 25.0 Å². The van der Waals surface area contributed by atoms with Crippen LogP contribution in [0.5, 0.6) is 0 Å². The van der Waals surface area contributed by atoms with E-state index in [4.69, 9.17) is 4.74 Å². The van der Waals surface area contributed by atoms with Crippen LogP contribution in [0.4, 0.5) is 0 Å². The van der Waals surface area contributed by atoms with Crippen molar-refractivity contribution in [2.75, 3.05) is 33.8 Å². The van der Waals surface area contributed by atoms with E-state index >= 15 is 0 Å². The van der Waals surface area contributed by atoms with Gasteiger partial charge in [0.1, 0.15) is 0 Å². The minimum atomic E-state index is 0.0324. The van der Waals surface area contributed by atoms with Gasteiger partial charge in [-0.05, 0) is 7.05 Å². The number of methoxy groups -OCH3 is 1. The number of ether oxygens (including phenoxy) is 1. The van der Waals surface area contributed by atoms with Gasteiger partial charge in [-0.2, -0.15) is 0 Å². The second-order valence-corrected chi connectivity index (χ2v) is 4.18. The first-order valence-electron chi connectivity index (χ1n) is 5.69. The Balaban J connectivity index is 2.06. The first-order chi connectivity index (χ1) is 8.26. The van der Waals surface area contributed by atoms with Gasteiger partial charge in [-0.3, -0.25) is 4.79 Å². The van der Waals surface area contributed by atoms with Gasteiger partial charge in [-0.15, -0.1) is 0 Å². The first kappa shape index (κ1) is 12.1. The van der Waals surface area contributed by atoms with Gasteiger partial charge in [-0.25, -0.2) is 4.98 Å². The predicted octanol–water partition coefficient (Wildman–Crippen LogP) is -0.499. The molecule has 2 heterocycles. The third-order valence-corrected chi connectivity index (χ3v) is 3.13. The van der Waals surface area contributed by atoms with Crippen molar-refractivity contribution in [1.82, 2.24) is 19.8 Å². The summed E-state index contributed by atoms with van der Waals surface area (Å²) in [5.41, 5.74) is 0. The highest BCUT2D eigenvalue weighted by Crippen LogP contribution is 2.24. The van der Waals surface area contributed by atoms with Gasteiger partial charge in [0.2, 0.25) is 5.91 Å². The molecule has 0 radical (unpaired) electrons. The summed E-state index contributed by atoms with van der Waals surface area (Å²) < 4.78 is 7.44. The highest BCUT2D eigenvalue weighted by Gasteiger charge is 2.35.